The predicted octanol–water partition coefficient (Wildman–Crippen LogP) is 3.06. The molecule has 86 valence electrons. The van der Waals surface area contributed by atoms with Crippen LogP contribution in [0.3, 0.4) is 0 Å². The Morgan fingerprint density at radius 1 is 1.69 bits per heavy atom. The van der Waals surface area contributed by atoms with Crippen LogP contribution in [0, 0.1) is 6.92 Å². The zero-order valence-corrected chi connectivity index (χ0v) is 9.70. The molecular formula is C12H13ClO3. The summed E-state index contributed by atoms with van der Waals surface area (Å²) < 4.78 is 5.37. The van der Waals surface area contributed by atoms with Crippen molar-refractivity contribution in [3.8, 4) is 5.75 Å². The molecule has 1 unspecified atom stereocenters. The van der Waals surface area contributed by atoms with E-state index < -0.39 is 12.1 Å². The van der Waals surface area contributed by atoms with Gasteiger partial charge in [0.05, 0.1) is 0 Å². The van der Waals surface area contributed by atoms with Crippen molar-refractivity contribution in [1.29, 1.82) is 0 Å². The van der Waals surface area contributed by atoms with E-state index in [-0.39, 0.29) is 6.42 Å². The van der Waals surface area contributed by atoms with Gasteiger partial charge in [-0.1, -0.05) is 17.7 Å². The molecule has 16 heavy (non-hydrogen) atoms. The number of hydrogen-bond donors (Lipinski definition) is 1. The van der Waals surface area contributed by atoms with Crippen molar-refractivity contribution < 1.29 is 14.6 Å². The third-order valence-electron chi connectivity index (χ3n) is 2.06. The monoisotopic (exact) mass is 240 g/mol. The van der Waals surface area contributed by atoms with E-state index in [9.17, 15) is 4.79 Å². The summed E-state index contributed by atoms with van der Waals surface area (Å²) in [5.41, 5.74) is 0.808. The minimum atomic E-state index is -1.01. The van der Waals surface area contributed by atoms with Crippen LogP contribution in [-0.2, 0) is 4.79 Å². The molecular weight excluding hydrogens is 228 g/mol. The first-order valence-corrected chi connectivity index (χ1v) is 5.19. The molecule has 0 radical (unpaired) electrons. The van der Waals surface area contributed by atoms with E-state index in [0.29, 0.717) is 10.8 Å². The average Bonchev–Trinajstić information content (AvgIpc) is 2.20. The number of carboxylic acids is 1. The molecule has 0 aliphatic rings. The first-order chi connectivity index (χ1) is 7.54. The fraction of sp³-hybridized carbons (Fsp3) is 0.250. The van der Waals surface area contributed by atoms with Crippen molar-refractivity contribution in [2.24, 2.45) is 0 Å². The Labute approximate surface area is 99.3 Å². The lowest BCUT2D eigenvalue weighted by atomic mass is 10.2. The van der Waals surface area contributed by atoms with Crippen LogP contribution in [0.15, 0.2) is 30.9 Å². The maximum Gasteiger partial charge on any atom is 0.345 e. The third kappa shape index (κ3) is 3.28. The van der Waals surface area contributed by atoms with Crippen LogP contribution in [0.5, 0.6) is 5.75 Å². The van der Waals surface area contributed by atoms with Crippen LogP contribution in [-0.4, -0.2) is 17.2 Å². The molecule has 0 fully saturated rings. The van der Waals surface area contributed by atoms with Gasteiger partial charge in [0.2, 0.25) is 0 Å². The van der Waals surface area contributed by atoms with E-state index in [4.69, 9.17) is 21.4 Å². The quantitative estimate of drug-likeness (QED) is 0.805. The number of rotatable bonds is 5. The number of halogens is 1. The Morgan fingerprint density at radius 3 is 2.88 bits per heavy atom. The summed E-state index contributed by atoms with van der Waals surface area (Å²) in [4.78, 5) is 10.9. The van der Waals surface area contributed by atoms with Gasteiger partial charge in [0.15, 0.2) is 6.10 Å². The second-order valence-electron chi connectivity index (χ2n) is 3.38. The topological polar surface area (TPSA) is 46.5 Å². The molecule has 0 saturated heterocycles. The van der Waals surface area contributed by atoms with E-state index in [1.165, 1.54) is 6.08 Å². The first-order valence-electron chi connectivity index (χ1n) is 4.81. The lowest BCUT2D eigenvalue weighted by Gasteiger charge is -2.15. The lowest BCUT2D eigenvalue weighted by Crippen LogP contribution is -2.26. The molecule has 0 aromatic heterocycles. The van der Waals surface area contributed by atoms with Crippen molar-refractivity contribution in [2.45, 2.75) is 19.4 Å². The molecule has 1 atom stereocenters. The predicted molar refractivity (Wildman–Crippen MR) is 63.1 cm³/mol. The zero-order chi connectivity index (χ0) is 12.1. The maximum absolute atomic E-state index is 10.9. The molecule has 0 bridgehead atoms. The second-order valence-corrected chi connectivity index (χ2v) is 3.82. The molecule has 0 heterocycles. The highest BCUT2D eigenvalue weighted by atomic mass is 35.5. The summed E-state index contributed by atoms with van der Waals surface area (Å²) in [6.07, 6.45) is 0.874. The average molecular weight is 241 g/mol. The van der Waals surface area contributed by atoms with Crippen LogP contribution >= 0.6 is 11.6 Å². The molecule has 3 nitrogen and oxygen atoms in total. The Bertz CT molecular complexity index is 401. The maximum atomic E-state index is 10.9. The largest absolute Gasteiger partial charge is 0.478 e. The number of ether oxygens (including phenoxy) is 1. The van der Waals surface area contributed by atoms with Crippen molar-refractivity contribution in [3.63, 3.8) is 0 Å². The van der Waals surface area contributed by atoms with Gasteiger partial charge >= 0.3 is 5.97 Å². The van der Waals surface area contributed by atoms with Crippen LogP contribution in [0.4, 0.5) is 0 Å². The molecule has 0 spiro atoms. The minimum Gasteiger partial charge on any atom is -0.478 e. The van der Waals surface area contributed by atoms with E-state index in [1.54, 1.807) is 18.2 Å². The first kappa shape index (κ1) is 12.6. The third-order valence-corrected chi connectivity index (χ3v) is 2.30. The van der Waals surface area contributed by atoms with Crippen LogP contribution in [0.2, 0.25) is 5.02 Å². The Kier molecular flexibility index (Phi) is 4.38. The summed E-state index contributed by atoms with van der Waals surface area (Å²) in [5.74, 6) is -0.479. The fourth-order valence-electron chi connectivity index (χ4n) is 1.25. The summed E-state index contributed by atoms with van der Waals surface area (Å²) >= 11 is 5.79. The molecule has 0 amide bonds. The SMILES string of the molecule is C=CCC(Oc1ccc(Cl)cc1C)C(=O)O. The summed E-state index contributed by atoms with van der Waals surface area (Å²) in [7, 11) is 0. The van der Waals surface area contributed by atoms with Crippen molar-refractivity contribution >= 4 is 17.6 Å². The fourth-order valence-corrected chi connectivity index (χ4v) is 1.48. The number of carbonyl (C=O) groups is 1. The van der Waals surface area contributed by atoms with E-state index in [1.807, 2.05) is 6.92 Å². The molecule has 0 saturated carbocycles. The van der Waals surface area contributed by atoms with Gasteiger partial charge in [0.1, 0.15) is 5.75 Å². The smallest absolute Gasteiger partial charge is 0.345 e. The molecule has 0 aliphatic carbocycles. The normalized spacial score (nSPS) is 11.9. The van der Waals surface area contributed by atoms with Gasteiger partial charge in [-0.2, -0.15) is 0 Å². The number of carboxylic acid groups (broad SMARTS) is 1. The number of hydrogen-bond acceptors (Lipinski definition) is 2. The lowest BCUT2D eigenvalue weighted by molar-refractivity contribution is -0.144. The van der Waals surface area contributed by atoms with E-state index >= 15 is 0 Å². The zero-order valence-electron chi connectivity index (χ0n) is 8.94. The van der Waals surface area contributed by atoms with Crippen molar-refractivity contribution in [3.05, 3.63) is 41.4 Å². The number of aliphatic carboxylic acids is 1. The van der Waals surface area contributed by atoms with Crippen molar-refractivity contribution in [2.75, 3.05) is 0 Å². The molecule has 1 aromatic rings. The van der Waals surface area contributed by atoms with Gasteiger partial charge in [-0.05, 0) is 30.7 Å². The highest BCUT2D eigenvalue weighted by Crippen LogP contribution is 2.23. The molecule has 1 aromatic carbocycles. The van der Waals surface area contributed by atoms with Gasteiger partial charge in [-0.15, -0.1) is 6.58 Å². The Hall–Kier alpha value is -1.48. The molecule has 1 rings (SSSR count). The summed E-state index contributed by atoms with van der Waals surface area (Å²) in [6.45, 7) is 5.31. The van der Waals surface area contributed by atoms with Gasteiger partial charge in [0.25, 0.3) is 0 Å². The van der Waals surface area contributed by atoms with Crippen LogP contribution in [0.1, 0.15) is 12.0 Å². The van der Waals surface area contributed by atoms with Gasteiger partial charge in [-0.3, -0.25) is 0 Å². The Balaban J connectivity index is 2.84. The van der Waals surface area contributed by atoms with Crippen LogP contribution in [0.25, 0.3) is 0 Å². The number of aryl methyl sites for hydroxylation is 1. The second kappa shape index (κ2) is 5.56. The molecule has 4 heteroatoms. The Morgan fingerprint density at radius 2 is 2.38 bits per heavy atom. The highest BCUT2D eigenvalue weighted by molar-refractivity contribution is 6.30. The van der Waals surface area contributed by atoms with Crippen molar-refractivity contribution in [1.82, 2.24) is 0 Å². The minimum absolute atomic E-state index is 0.261. The standard InChI is InChI=1S/C12H13ClO3/c1-3-4-11(12(14)15)16-10-6-5-9(13)7-8(10)2/h3,5-7,11H,1,4H2,2H3,(H,14,15). The van der Waals surface area contributed by atoms with Gasteiger partial charge in [-0.25, -0.2) is 4.79 Å². The van der Waals surface area contributed by atoms with Gasteiger partial charge < -0.3 is 9.84 Å². The summed E-state index contributed by atoms with van der Waals surface area (Å²) in [5, 5.41) is 9.51. The molecule has 1 N–H and O–H groups in total. The van der Waals surface area contributed by atoms with Gasteiger partial charge in [0, 0.05) is 11.4 Å². The van der Waals surface area contributed by atoms with E-state index in [2.05, 4.69) is 6.58 Å². The van der Waals surface area contributed by atoms with Crippen LogP contribution < -0.4 is 4.74 Å². The summed E-state index contributed by atoms with van der Waals surface area (Å²) in [6, 6.07) is 5.05. The highest BCUT2D eigenvalue weighted by Gasteiger charge is 2.18. The van der Waals surface area contributed by atoms with E-state index in [0.717, 1.165) is 5.56 Å². The number of benzene rings is 1. The molecule has 0 aliphatic heterocycles.